The SMILES string of the molecule is CC(=O)O[C@@H]1O[C@H](C(=O)N2CCN(c3ccccc3)CC2)[C@@H](OC(C)O)[C@H](OC(C)=O)[C@H]1OC(C)=O. The number of ether oxygens (including phenoxy) is 5. The van der Waals surface area contributed by atoms with E-state index in [-0.39, 0.29) is 0 Å². The van der Waals surface area contributed by atoms with E-state index in [1.807, 2.05) is 30.3 Å². The molecule has 0 saturated carbocycles. The summed E-state index contributed by atoms with van der Waals surface area (Å²) in [5.74, 6) is -2.81. The van der Waals surface area contributed by atoms with Crippen LogP contribution in [0.2, 0.25) is 0 Å². The van der Waals surface area contributed by atoms with Crippen molar-refractivity contribution in [3.05, 3.63) is 30.3 Å². The van der Waals surface area contributed by atoms with Gasteiger partial charge in [-0.25, -0.2) is 0 Å². The summed E-state index contributed by atoms with van der Waals surface area (Å²) in [5, 5.41) is 9.96. The maximum Gasteiger partial charge on any atom is 0.305 e. The Labute approximate surface area is 209 Å². The second kappa shape index (κ2) is 12.2. The maximum absolute atomic E-state index is 13.6. The molecular formula is C24H32N2O10. The van der Waals surface area contributed by atoms with Crippen molar-refractivity contribution in [2.75, 3.05) is 31.1 Å². The zero-order valence-corrected chi connectivity index (χ0v) is 20.7. The number of esters is 3. The number of aliphatic hydroxyl groups excluding tert-OH is 1. The van der Waals surface area contributed by atoms with Crippen LogP contribution in [0.5, 0.6) is 0 Å². The molecule has 2 heterocycles. The van der Waals surface area contributed by atoms with E-state index >= 15 is 0 Å². The molecule has 36 heavy (non-hydrogen) atoms. The third-order valence-corrected chi connectivity index (χ3v) is 5.69. The molecule has 1 aromatic carbocycles. The van der Waals surface area contributed by atoms with E-state index in [9.17, 15) is 24.3 Å². The Morgan fingerprint density at radius 3 is 1.94 bits per heavy atom. The quantitative estimate of drug-likeness (QED) is 0.307. The minimum absolute atomic E-state index is 0.360. The van der Waals surface area contributed by atoms with Gasteiger partial charge in [0.1, 0.15) is 6.10 Å². The maximum atomic E-state index is 13.6. The molecular weight excluding hydrogens is 476 g/mol. The average molecular weight is 509 g/mol. The molecule has 1 N–H and O–H groups in total. The summed E-state index contributed by atoms with van der Waals surface area (Å²) in [6, 6.07) is 9.76. The van der Waals surface area contributed by atoms with Crippen LogP contribution in [0.15, 0.2) is 30.3 Å². The summed E-state index contributed by atoms with van der Waals surface area (Å²) in [5.41, 5.74) is 1.03. The lowest BCUT2D eigenvalue weighted by Crippen LogP contribution is -2.66. The van der Waals surface area contributed by atoms with E-state index < -0.39 is 60.8 Å². The number of anilines is 1. The van der Waals surface area contributed by atoms with Gasteiger partial charge in [-0.2, -0.15) is 0 Å². The van der Waals surface area contributed by atoms with Crippen LogP contribution in [0, 0.1) is 0 Å². The van der Waals surface area contributed by atoms with Crippen molar-refractivity contribution in [1.29, 1.82) is 0 Å². The number of rotatable bonds is 7. The standard InChI is InChI=1S/C24H32N2O10/c1-14(27)32-19-20(33-15(2)28)22(34-16(3)29)24(35-17(4)30)36-21(19)23(31)26-12-10-25(11-13-26)18-8-6-5-7-9-18/h5-9,14,19-22,24,27H,10-13H2,1-4H3/t14?,19-,20-,21-,22+,24+/m0/s1. The monoisotopic (exact) mass is 508 g/mol. The van der Waals surface area contributed by atoms with E-state index in [0.29, 0.717) is 26.2 Å². The van der Waals surface area contributed by atoms with E-state index in [0.717, 1.165) is 26.5 Å². The minimum atomic E-state index is -1.55. The number of hydrogen-bond acceptors (Lipinski definition) is 11. The normalized spacial score (nSPS) is 27.1. The lowest BCUT2D eigenvalue weighted by Gasteiger charge is -2.45. The van der Waals surface area contributed by atoms with Crippen LogP contribution in [0.25, 0.3) is 0 Å². The van der Waals surface area contributed by atoms with Crippen molar-refractivity contribution in [2.24, 2.45) is 0 Å². The van der Waals surface area contributed by atoms with Crippen LogP contribution in [-0.4, -0.2) is 97.0 Å². The highest BCUT2D eigenvalue weighted by atomic mass is 16.7. The number of nitrogens with zero attached hydrogens (tertiary/aromatic N) is 2. The molecule has 1 unspecified atom stereocenters. The van der Waals surface area contributed by atoms with Gasteiger partial charge < -0.3 is 38.6 Å². The zero-order chi connectivity index (χ0) is 26.4. The molecule has 198 valence electrons. The predicted molar refractivity (Wildman–Crippen MR) is 123 cm³/mol. The second-order valence-electron chi connectivity index (χ2n) is 8.53. The molecule has 0 spiro atoms. The molecule has 0 bridgehead atoms. The summed E-state index contributed by atoms with van der Waals surface area (Å²) >= 11 is 0. The van der Waals surface area contributed by atoms with E-state index in [2.05, 4.69) is 4.90 Å². The Hall–Kier alpha value is -3.22. The Bertz CT molecular complexity index is 932. The number of para-hydroxylation sites is 1. The van der Waals surface area contributed by atoms with E-state index in [4.69, 9.17) is 23.7 Å². The summed E-state index contributed by atoms with van der Waals surface area (Å²) in [4.78, 5) is 52.8. The smallest absolute Gasteiger partial charge is 0.305 e. The molecule has 2 saturated heterocycles. The molecule has 12 nitrogen and oxygen atoms in total. The van der Waals surface area contributed by atoms with Crippen LogP contribution in [-0.2, 0) is 42.9 Å². The molecule has 2 aliphatic rings. The summed E-state index contributed by atoms with van der Waals surface area (Å²) in [6.07, 6.45) is -8.56. The van der Waals surface area contributed by atoms with Crippen molar-refractivity contribution in [3.8, 4) is 0 Å². The first-order valence-electron chi connectivity index (χ1n) is 11.7. The number of benzene rings is 1. The summed E-state index contributed by atoms with van der Waals surface area (Å²) in [7, 11) is 0. The first kappa shape index (κ1) is 27.4. The lowest BCUT2D eigenvalue weighted by atomic mass is 9.96. The van der Waals surface area contributed by atoms with Crippen LogP contribution < -0.4 is 4.90 Å². The van der Waals surface area contributed by atoms with Crippen LogP contribution >= 0.6 is 0 Å². The van der Waals surface area contributed by atoms with Gasteiger partial charge in [0.05, 0.1) is 0 Å². The number of aliphatic hydroxyl groups is 1. The van der Waals surface area contributed by atoms with Gasteiger partial charge in [0.15, 0.2) is 18.5 Å². The van der Waals surface area contributed by atoms with Crippen molar-refractivity contribution in [1.82, 2.24) is 4.90 Å². The fraction of sp³-hybridized carbons (Fsp3) is 0.583. The van der Waals surface area contributed by atoms with Crippen molar-refractivity contribution in [3.63, 3.8) is 0 Å². The molecule has 6 atom stereocenters. The minimum Gasteiger partial charge on any atom is -0.455 e. The fourth-order valence-electron chi connectivity index (χ4n) is 4.29. The average Bonchev–Trinajstić information content (AvgIpc) is 2.81. The Morgan fingerprint density at radius 1 is 0.861 bits per heavy atom. The number of carbonyl (C=O) groups excluding carboxylic acids is 4. The lowest BCUT2D eigenvalue weighted by molar-refractivity contribution is -0.309. The Balaban J connectivity index is 1.87. The second-order valence-corrected chi connectivity index (χ2v) is 8.53. The number of hydrogen-bond donors (Lipinski definition) is 1. The van der Waals surface area contributed by atoms with Gasteiger partial charge in [0.25, 0.3) is 5.91 Å². The molecule has 3 rings (SSSR count). The molecule has 1 amide bonds. The molecule has 12 heteroatoms. The molecule has 0 aromatic heterocycles. The highest BCUT2D eigenvalue weighted by Gasteiger charge is 2.55. The van der Waals surface area contributed by atoms with E-state index in [1.54, 1.807) is 4.90 Å². The molecule has 2 fully saturated rings. The van der Waals surface area contributed by atoms with Gasteiger partial charge in [-0.1, -0.05) is 18.2 Å². The van der Waals surface area contributed by atoms with Crippen molar-refractivity contribution < 1.29 is 48.0 Å². The van der Waals surface area contributed by atoms with Gasteiger partial charge in [0.2, 0.25) is 12.4 Å². The Kier molecular flexibility index (Phi) is 9.24. The first-order chi connectivity index (χ1) is 17.1. The third-order valence-electron chi connectivity index (χ3n) is 5.69. The number of carbonyl (C=O) groups is 4. The fourth-order valence-corrected chi connectivity index (χ4v) is 4.29. The van der Waals surface area contributed by atoms with Gasteiger partial charge >= 0.3 is 17.9 Å². The Morgan fingerprint density at radius 2 is 1.42 bits per heavy atom. The van der Waals surface area contributed by atoms with Crippen LogP contribution in [0.1, 0.15) is 27.7 Å². The topological polar surface area (TPSA) is 141 Å². The van der Waals surface area contributed by atoms with Gasteiger partial charge in [-0.05, 0) is 19.1 Å². The van der Waals surface area contributed by atoms with Crippen molar-refractivity contribution in [2.45, 2.75) is 64.7 Å². The van der Waals surface area contributed by atoms with E-state index in [1.165, 1.54) is 6.92 Å². The van der Waals surface area contributed by atoms with Gasteiger partial charge in [-0.15, -0.1) is 0 Å². The highest BCUT2D eigenvalue weighted by Crippen LogP contribution is 2.31. The van der Waals surface area contributed by atoms with Crippen molar-refractivity contribution >= 4 is 29.5 Å². The van der Waals surface area contributed by atoms with Crippen LogP contribution in [0.4, 0.5) is 5.69 Å². The zero-order valence-electron chi connectivity index (χ0n) is 20.7. The largest absolute Gasteiger partial charge is 0.455 e. The summed E-state index contributed by atoms with van der Waals surface area (Å²) in [6.45, 7) is 6.50. The first-order valence-corrected chi connectivity index (χ1v) is 11.7. The third kappa shape index (κ3) is 6.93. The number of amides is 1. The van der Waals surface area contributed by atoms with Gasteiger partial charge in [0, 0.05) is 52.6 Å². The summed E-state index contributed by atoms with van der Waals surface area (Å²) < 4.78 is 27.2. The molecule has 2 aliphatic heterocycles. The molecule has 0 radical (unpaired) electrons. The molecule has 1 aromatic rings. The van der Waals surface area contributed by atoms with Gasteiger partial charge in [-0.3, -0.25) is 19.2 Å². The highest BCUT2D eigenvalue weighted by molar-refractivity contribution is 5.82. The van der Waals surface area contributed by atoms with Crippen LogP contribution in [0.3, 0.4) is 0 Å². The predicted octanol–water partition coefficient (Wildman–Crippen LogP) is 0.210. The molecule has 0 aliphatic carbocycles. The number of piperazine rings is 1.